The molecule has 0 saturated heterocycles. The van der Waals surface area contributed by atoms with Gasteiger partial charge in [-0.2, -0.15) is 0 Å². The average molecular weight is 364 g/mol. The third kappa shape index (κ3) is 5.22. The molecule has 9 heteroatoms. The number of alkyl halides is 3. The minimum atomic E-state index is -1.77. The number of nitrogen functional groups attached to an aromatic ring is 1. The van der Waals surface area contributed by atoms with Crippen LogP contribution in [0.4, 0.5) is 11.4 Å². The number of fused-ring (bicyclic) bond motifs is 1. The molecule has 1 aromatic carbocycles. The normalized spacial score (nSPS) is 11.7. The molecule has 118 valence electrons. The Hall–Kier alpha value is -1.76. The van der Waals surface area contributed by atoms with Crippen LogP contribution >= 0.6 is 34.8 Å². The van der Waals surface area contributed by atoms with E-state index in [0.29, 0.717) is 11.4 Å². The number of aliphatic carboxylic acids is 1. The lowest BCUT2D eigenvalue weighted by atomic mass is 10.2. The highest BCUT2D eigenvalue weighted by Crippen LogP contribution is 2.32. The summed E-state index contributed by atoms with van der Waals surface area (Å²) in [4.78, 5) is 17.2. The van der Waals surface area contributed by atoms with Gasteiger partial charge in [-0.15, -0.1) is 0 Å². The molecule has 2 aromatic rings. The molecule has 6 nitrogen and oxygen atoms in total. The Labute approximate surface area is 141 Å². The first-order valence-electron chi connectivity index (χ1n) is 5.87. The van der Waals surface area contributed by atoms with Crippen molar-refractivity contribution >= 4 is 68.9 Å². The lowest BCUT2D eigenvalue weighted by molar-refractivity contribution is -0.134. The van der Waals surface area contributed by atoms with Gasteiger partial charge in [0, 0.05) is 12.3 Å². The summed E-state index contributed by atoms with van der Waals surface area (Å²) in [6.45, 7) is 1.08. The van der Waals surface area contributed by atoms with Gasteiger partial charge in [0.1, 0.15) is 5.69 Å². The highest BCUT2D eigenvalue weighted by Gasteiger charge is 2.25. The van der Waals surface area contributed by atoms with E-state index < -0.39 is 9.76 Å². The molecule has 2 rings (SSSR count). The summed E-state index contributed by atoms with van der Waals surface area (Å²) < 4.78 is -1.77. The van der Waals surface area contributed by atoms with Crippen LogP contribution in [0, 0.1) is 0 Å². The van der Waals surface area contributed by atoms with Gasteiger partial charge in [0.2, 0.25) is 3.79 Å². The van der Waals surface area contributed by atoms with Gasteiger partial charge in [0.05, 0.1) is 17.4 Å². The van der Waals surface area contributed by atoms with Crippen molar-refractivity contribution in [1.29, 1.82) is 0 Å². The SMILES string of the molecule is CC(=O)O.NC(=Nc1cnc2ccccc2c1N)C(Cl)(Cl)Cl. The van der Waals surface area contributed by atoms with Crippen LogP contribution in [0.25, 0.3) is 10.9 Å². The molecular formula is C13H13Cl3N4O2. The maximum atomic E-state index is 9.00. The highest BCUT2D eigenvalue weighted by atomic mass is 35.6. The van der Waals surface area contributed by atoms with Crippen molar-refractivity contribution in [2.24, 2.45) is 10.7 Å². The van der Waals surface area contributed by atoms with E-state index in [1.807, 2.05) is 24.3 Å². The van der Waals surface area contributed by atoms with Crippen LogP contribution in [-0.4, -0.2) is 25.7 Å². The summed E-state index contributed by atoms with van der Waals surface area (Å²) in [7, 11) is 0. The maximum Gasteiger partial charge on any atom is 0.300 e. The summed E-state index contributed by atoms with van der Waals surface area (Å²) in [5, 5.41) is 8.19. The van der Waals surface area contributed by atoms with Crippen molar-refractivity contribution in [3.63, 3.8) is 0 Å². The zero-order chi connectivity index (χ0) is 16.9. The molecule has 1 heterocycles. The van der Waals surface area contributed by atoms with Gasteiger partial charge in [0.25, 0.3) is 5.97 Å². The van der Waals surface area contributed by atoms with Gasteiger partial charge >= 0.3 is 0 Å². The molecule has 22 heavy (non-hydrogen) atoms. The minimum Gasteiger partial charge on any atom is -0.481 e. The number of halogens is 3. The van der Waals surface area contributed by atoms with Gasteiger partial charge in [0.15, 0.2) is 5.84 Å². The topological polar surface area (TPSA) is 115 Å². The highest BCUT2D eigenvalue weighted by molar-refractivity contribution is 6.76. The molecule has 1 aromatic heterocycles. The molecule has 0 aliphatic rings. The third-order valence-electron chi connectivity index (χ3n) is 2.33. The predicted molar refractivity (Wildman–Crippen MR) is 91.0 cm³/mol. The third-order valence-corrected chi connectivity index (χ3v) is 2.91. The van der Waals surface area contributed by atoms with Crippen molar-refractivity contribution in [3.8, 4) is 0 Å². The molecule has 0 aliphatic heterocycles. The van der Waals surface area contributed by atoms with Crippen molar-refractivity contribution in [2.45, 2.75) is 10.7 Å². The van der Waals surface area contributed by atoms with Crippen molar-refractivity contribution < 1.29 is 9.90 Å². The van der Waals surface area contributed by atoms with Crippen LogP contribution in [0.1, 0.15) is 6.92 Å². The first-order chi connectivity index (χ1) is 10.1. The summed E-state index contributed by atoms with van der Waals surface area (Å²) >= 11 is 16.9. The number of nitrogens with two attached hydrogens (primary N) is 2. The molecule has 0 fully saturated rings. The number of carbonyl (C=O) groups is 1. The number of carboxylic acids is 1. The fraction of sp³-hybridized carbons (Fsp3) is 0.154. The van der Waals surface area contributed by atoms with E-state index in [1.165, 1.54) is 6.20 Å². The van der Waals surface area contributed by atoms with Crippen LogP contribution in [0.2, 0.25) is 0 Å². The number of aliphatic imine (C=N–C) groups is 1. The smallest absolute Gasteiger partial charge is 0.300 e. The molecular weight excluding hydrogens is 351 g/mol. The second kappa shape index (κ2) is 7.49. The lowest BCUT2D eigenvalue weighted by Crippen LogP contribution is -2.27. The fourth-order valence-corrected chi connectivity index (χ4v) is 1.56. The largest absolute Gasteiger partial charge is 0.481 e. The molecule has 0 unspecified atom stereocenters. The summed E-state index contributed by atoms with van der Waals surface area (Å²) in [5.41, 5.74) is 13.1. The number of aromatic nitrogens is 1. The number of benzene rings is 1. The Morgan fingerprint density at radius 3 is 2.41 bits per heavy atom. The van der Waals surface area contributed by atoms with E-state index >= 15 is 0 Å². The molecule has 0 spiro atoms. The van der Waals surface area contributed by atoms with E-state index in [-0.39, 0.29) is 5.84 Å². The Bertz CT molecular complexity index is 710. The summed E-state index contributed by atoms with van der Waals surface area (Å²) in [6, 6.07) is 7.40. The zero-order valence-electron chi connectivity index (χ0n) is 11.4. The van der Waals surface area contributed by atoms with Crippen LogP contribution in [-0.2, 0) is 4.79 Å². The summed E-state index contributed by atoms with van der Waals surface area (Å²) in [5.74, 6) is -0.990. The Morgan fingerprint density at radius 1 is 1.32 bits per heavy atom. The van der Waals surface area contributed by atoms with E-state index in [4.69, 9.17) is 56.2 Å². The molecule has 0 aliphatic carbocycles. The number of amidine groups is 1. The fourth-order valence-electron chi connectivity index (χ4n) is 1.43. The summed E-state index contributed by atoms with van der Waals surface area (Å²) in [6.07, 6.45) is 1.49. The van der Waals surface area contributed by atoms with Crippen LogP contribution in [0.15, 0.2) is 35.5 Å². The first kappa shape index (κ1) is 18.3. The van der Waals surface area contributed by atoms with E-state index in [2.05, 4.69) is 9.98 Å². The van der Waals surface area contributed by atoms with Gasteiger partial charge in [-0.3, -0.25) is 9.78 Å². The molecule has 0 atom stereocenters. The predicted octanol–water partition coefficient (Wildman–Crippen LogP) is 3.27. The number of rotatable bonds is 1. The number of para-hydroxylation sites is 1. The first-order valence-corrected chi connectivity index (χ1v) is 7.00. The standard InChI is InChI=1S/C11H9Cl3N4.C2H4O2/c12-11(13,14)10(16)18-8-5-17-7-4-2-1-3-6(7)9(8)15;1-2(3)4/h1-5H,(H2,15,17)(H2,16,18);1H3,(H,3,4). The number of carboxylic acid groups (broad SMARTS) is 1. The average Bonchev–Trinajstić information content (AvgIpc) is 2.40. The van der Waals surface area contributed by atoms with Crippen LogP contribution < -0.4 is 11.5 Å². The number of nitrogens with zero attached hydrogens (tertiary/aromatic N) is 2. The zero-order valence-corrected chi connectivity index (χ0v) is 13.7. The maximum absolute atomic E-state index is 9.00. The Kier molecular flexibility index (Phi) is 6.22. The molecule has 0 radical (unpaired) electrons. The van der Waals surface area contributed by atoms with Gasteiger partial charge in [-0.1, -0.05) is 53.0 Å². The Balaban J connectivity index is 0.000000541. The second-order valence-corrected chi connectivity index (χ2v) is 6.37. The molecule has 0 bridgehead atoms. The number of pyridine rings is 1. The number of hydrogen-bond acceptors (Lipinski definition) is 4. The Morgan fingerprint density at radius 2 is 1.86 bits per heavy atom. The van der Waals surface area contributed by atoms with Crippen LogP contribution in [0.3, 0.4) is 0 Å². The van der Waals surface area contributed by atoms with Crippen molar-refractivity contribution in [2.75, 3.05) is 5.73 Å². The monoisotopic (exact) mass is 362 g/mol. The number of anilines is 1. The van der Waals surface area contributed by atoms with E-state index in [1.54, 1.807) is 0 Å². The van der Waals surface area contributed by atoms with Crippen molar-refractivity contribution in [3.05, 3.63) is 30.5 Å². The molecule has 0 amide bonds. The van der Waals surface area contributed by atoms with Gasteiger partial charge in [-0.25, -0.2) is 4.99 Å². The second-order valence-electron chi connectivity index (χ2n) is 4.09. The molecule has 5 N–H and O–H groups in total. The lowest BCUT2D eigenvalue weighted by Gasteiger charge is -2.11. The molecule has 0 saturated carbocycles. The van der Waals surface area contributed by atoms with Crippen molar-refractivity contribution in [1.82, 2.24) is 4.98 Å². The van der Waals surface area contributed by atoms with E-state index in [9.17, 15) is 0 Å². The quantitative estimate of drug-likeness (QED) is 0.408. The van der Waals surface area contributed by atoms with E-state index in [0.717, 1.165) is 17.8 Å². The van der Waals surface area contributed by atoms with Gasteiger partial charge in [-0.05, 0) is 6.07 Å². The van der Waals surface area contributed by atoms with Gasteiger partial charge < -0.3 is 16.6 Å². The van der Waals surface area contributed by atoms with Crippen LogP contribution in [0.5, 0.6) is 0 Å². The number of hydrogen-bond donors (Lipinski definition) is 3. The minimum absolute atomic E-state index is 0.156.